The van der Waals surface area contributed by atoms with Gasteiger partial charge < -0.3 is 15.7 Å². The summed E-state index contributed by atoms with van der Waals surface area (Å²) in [5.41, 5.74) is 4.87. The number of hydrogen-bond acceptors (Lipinski definition) is 3. The highest BCUT2D eigenvalue weighted by Gasteiger charge is 2.10. The lowest BCUT2D eigenvalue weighted by atomic mass is 10.0. The number of anilines is 2. The van der Waals surface area contributed by atoms with Gasteiger partial charge >= 0.3 is 5.97 Å². The van der Waals surface area contributed by atoms with Crippen molar-refractivity contribution in [3.05, 3.63) is 82.9 Å². The highest BCUT2D eigenvalue weighted by atomic mass is 35.5. The van der Waals surface area contributed by atoms with Gasteiger partial charge in [0.2, 0.25) is 5.91 Å². The number of carboxylic acid groups (broad SMARTS) is 1. The lowest BCUT2D eigenvalue weighted by molar-refractivity contribution is -0.136. The van der Waals surface area contributed by atoms with E-state index in [0.29, 0.717) is 28.5 Å². The zero-order valence-corrected chi connectivity index (χ0v) is 16.7. The van der Waals surface area contributed by atoms with Crippen molar-refractivity contribution >= 4 is 34.9 Å². The van der Waals surface area contributed by atoms with Crippen molar-refractivity contribution in [1.29, 1.82) is 0 Å². The van der Waals surface area contributed by atoms with Crippen LogP contribution in [0.3, 0.4) is 0 Å². The molecule has 0 spiro atoms. The maximum Gasteiger partial charge on any atom is 0.307 e. The predicted molar refractivity (Wildman–Crippen MR) is 116 cm³/mol. The molecule has 0 saturated carbocycles. The number of amides is 1. The summed E-state index contributed by atoms with van der Waals surface area (Å²) >= 11 is 6.48. The summed E-state index contributed by atoms with van der Waals surface area (Å²) in [5.74, 6) is -1.12. The second-order valence-corrected chi connectivity index (χ2v) is 7.06. The van der Waals surface area contributed by atoms with Crippen LogP contribution in [0.1, 0.15) is 18.1 Å². The number of rotatable bonds is 7. The van der Waals surface area contributed by atoms with Crippen LogP contribution in [-0.2, 0) is 22.6 Å². The standard InChI is InChI=1S/C23H21ClN2O3/c1-15(27)26-21-10-7-16(12-23(28)29)11-22(21)25-14-19-9-8-18(13-20(19)24)17-5-3-2-4-6-17/h2-11,13,25H,12,14H2,1H3,(H,26,27)(H,28,29). The number of carboxylic acids is 1. The minimum atomic E-state index is -0.914. The Morgan fingerprint density at radius 2 is 1.69 bits per heavy atom. The van der Waals surface area contributed by atoms with E-state index in [-0.39, 0.29) is 12.3 Å². The summed E-state index contributed by atoms with van der Waals surface area (Å²) in [6.45, 7) is 1.85. The fraction of sp³-hybridized carbons (Fsp3) is 0.130. The second kappa shape index (κ2) is 9.26. The number of halogens is 1. The van der Waals surface area contributed by atoms with Crippen molar-refractivity contribution in [2.24, 2.45) is 0 Å². The van der Waals surface area contributed by atoms with Crippen LogP contribution in [-0.4, -0.2) is 17.0 Å². The number of benzene rings is 3. The minimum absolute atomic E-state index is 0.0957. The third kappa shape index (κ3) is 5.59. The van der Waals surface area contributed by atoms with E-state index >= 15 is 0 Å². The van der Waals surface area contributed by atoms with Crippen LogP contribution < -0.4 is 10.6 Å². The van der Waals surface area contributed by atoms with Gasteiger partial charge in [0.15, 0.2) is 0 Å². The molecule has 0 aromatic heterocycles. The fourth-order valence-corrected chi connectivity index (χ4v) is 3.26. The van der Waals surface area contributed by atoms with Gasteiger partial charge in [-0.2, -0.15) is 0 Å². The van der Waals surface area contributed by atoms with Crippen LogP contribution in [0, 0.1) is 0 Å². The lowest BCUT2D eigenvalue weighted by Crippen LogP contribution is -2.10. The molecule has 0 bridgehead atoms. The molecule has 3 aromatic carbocycles. The molecule has 3 aromatic rings. The summed E-state index contributed by atoms with van der Waals surface area (Å²) in [6, 6.07) is 21.0. The molecule has 6 heteroatoms. The van der Waals surface area contributed by atoms with Crippen molar-refractivity contribution < 1.29 is 14.7 Å². The molecule has 148 valence electrons. The average Bonchev–Trinajstić information content (AvgIpc) is 2.68. The topological polar surface area (TPSA) is 78.4 Å². The van der Waals surface area contributed by atoms with Gasteiger partial charge in [-0.1, -0.05) is 60.1 Å². The van der Waals surface area contributed by atoms with Gasteiger partial charge in [0.05, 0.1) is 17.8 Å². The highest BCUT2D eigenvalue weighted by molar-refractivity contribution is 6.31. The molecule has 0 aliphatic rings. The van der Waals surface area contributed by atoms with E-state index in [2.05, 4.69) is 10.6 Å². The molecule has 0 unspecified atom stereocenters. The monoisotopic (exact) mass is 408 g/mol. The van der Waals surface area contributed by atoms with Crippen molar-refractivity contribution in [2.45, 2.75) is 19.9 Å². The van der Waals surface area contributed by atoms with Crippen LogP contribution in [0.25, 0.3) is 11.1 Å². The molecular formula is C23H21ClN2O3. The first-order chi connectivity index (χ1) is 13.9. The Hall–Kier alpha value is -3.31. The maximum atomic E-state index is 11.5. The Kier molecular flexibility index (Phi) is 6.52. The number of nitrogens with one attached hydrogen (secondary N) is 2. The first-order valence-corrected chi connectivity index (χ1v) is 9.50. The zero-order chi connectivity index (χ0) is 20.8. The van der Waals surface area contributed by atoms with E-state index < -0.39 is 5.97 Å². The molecule has 0 aliphatic carbocycles. The molecule has 0 heterocycles. The van der Waals surface area contributed by atoms with E-state index in [1.54, 1.807) is 18.2 Å². The molecule has 5 nitrogen and oxygen atoms in total. The van der Waals surface area contributed by atoms with Crippen molar-refractivity contribution in [1.82, 2.24) is 0 Å². The van der Waals surface area contributed by atoms with E-state index in [9.17, 15) is 9.59 Å². The number of carbonyl (C=O) groups excluding carboxylic acids is 1. The van der Waals surface area contributed by atoms with E-state index in [1.807, 2.05) is 48.5 Å². The first-order valence-electron chi connectivity index (χ1n) is 9.12. The summed E-state index contributed by atoms with van der Waals surface area (Å²) in [5, 5.41) is 15.7. The molecule has 29 heavy (non-hydrogen) atoms. The number of carbonyl (C=O) groups is 2. The van der Waals surface area contributed by atoms with Gasteiger partial charge in [-0.15, -0.1) is 0 Å². The van der Waals surface area contributed by atoms with E-state index in [4.69, 9.17) is 16.7 Å². The van der Waals surface area contributed by atoms with Crippen LogP contribution >= 0.6 is 11.6 Å². The van der Waals surface area contributed by atoms with E-state index in [1.165, 1.54) is 6.92 Å². The molecule has 3 rings (SSSR count). The third-order valence-electron chi connectivity index (χ3n) is 4.38. The predicted octanol–water partition coefficient (Wildman–Crippen LogP) is 5.20. The Morgan fingerprint density at radius 1 is 0.931 bits per heavy atom. The Bertz CT molecular complexity index is 1040. The zero-order valence-electron chi connectivity index (χ0n) is 15.9. The smallest absolute Gasteiger partial charge is 0.307 e. The SMILES string of the molecule is CC(=O)Nc1ccc(CC(=O)O)cc1NCc1ccc(-c2ccccc2)cc1Cl. The van der Waals surface area contributed by atoms with E-state index in [0.717, 1.165) is 16.7 Å². The van der Waals surface area contributed by atoms with Crippen molar-refractivity contribution in [2.75, 3.05) is 10.6 Å². The second-order valence-electron chi connectivity index (χ2n) is 6.66. The number of aliphatic carboxylic acids is 1. The summed E-state index contributed by atoms with van der Waals surface area (Å²) < 4.78 is 0. The van der Waals surface area contributed by atoms with Gasteiger partial charge in [-0.05, 0) is 40.5 Å². The molecule has 3 N–H and O–H groups in total. The summed E-state index contributed by atoms with van der Waals surface area (Å²) in [4.78, 5) is 22.5. The first kappa shape index (κ1) is 20.4. The van der Waals surface area contributed by atoms with Gasteiger partial charge in [0, 0.05) is 18.5 Å². The quantitative estimate of drug-likeness (QED) is 0.501. The molecule has 0 saturated heterocycles. The van der Waals surface area contributed by atoms with Gasteiger partial charge in [-0.3, -0.25) is 9.59 Å². The highest BCUT2D eigenvalue weighted by Crippen LogP contribution is 2.28. The van der Waals surface area contributed by atoms with Gasteiger partial charge in [0.25, 0.3) is 0 Å². The molecular weight excluding hydrogens is 388 g/mol. The average molecular weight is 409 g/mol. The minimum Gasteiger partial charge on any atom is -0.481 e. The fourth-order valence-electron chi connectivity index (χ4n) is 3.01. The van der Waals surface area contributed by atoms with Gasteiger partial charge in [-0.25, -0.2) is 0 Å². The molecule has 0 fully saturated rings. The van der Waals surface area contributed by atoms with Crippen LogP contribution in [0.2, 0.25) is 5.02 Å². The number of hydrogen-bond donors (Lipinski definition) is 3. The largest absolute Gasteiger partial charge is 0.481 e. The van der Waals surface area contributed by atoms with Crippen LogP contribution in [0.15, 0.2) is 66.7 Å². The van der Waals surface area contributed by atoms with Crippen molar-refractivity contribution in [3.8, 4) is 11.1 Å². The Labute approximate surface area is 174 Å². The molecule has 0 aliphatic heterocycles. The summed E-state index contributed by atoms with van der Waals surface area (Å²) in [7, 11) is 0. The molecule has 1 amide bonds. The summed E-state index contributed by atoms with van der Waals surface area (Å²) in [6.07, 6.45) is -0.0957. The molecule has 0 radical (unpaired) electrons. The normalized spacial score (nSPS) is 10.4. The maximum absolute atomic E-state index is 11.5. The molecule has 0 atom stereocenters. The Balaban J connectivity index is 1.80. The third-order valence-corrected chi connectivity index (χ3v) is 4.73. The lowest BCUT2D eigenvalue weighted by Gasteiger charge is -2.15. The van der Waals surface area contributed by atoms with Gasteiger partial charge in [0.1, 0.15) is 0 Å². The Morgan fingerprint density at radius 3 is 2.34 bits per heavy atom. The van der Waals surface area contributed by atoms with Crippen LogP contribution in [0.4, 0.5) is 11.4 Å². The van der Waals surface area contributed by atoms with Crippen molar-refractivity contribution in [3.63, 3.8) is 0 Å². The van der Waals surface area contributed by atoms with Crippen LogP contribution in [0.5, 0.6) is 0 Å².